The average molecular weight is 605 g/mol. The molecule has 0 nitrogen and oxygen atoms in total. The number of benzene rings is 4. The van der Waals surface area contributed by atoms with Crippen LogP contribution in [0, 0.1) is 0 Å². The molecule has 0 unspecified atom stereocenters. The molecule has 0 aromatic heterocycles. The molecule has 0 heterocycles. The number of rotatable bonds is 2. The van der Waals surface area contributed by atoms with Crippen molar-refractivity contribution >= 4 is 23.6 Å². The van der Waals surface area contributed by atoms with E-state index in [2.05, 4.69) is 114 Å². The van der Waals surface area contributed by atoms with E-state index in [-0.39, 0.29) is 10.8 Å². The predicted octanol–water partition coefficient (Wildman–Crippen LogP) is 8.84. The summed E-state index contributed by atoms with van der Waals surface area (Å²) in [7, 11) is 16.1. The van der Waals surface area contributed by atoms with Gasteiger partial charge in [-0.25, -0.2) is 0 Å². The van der Waals surface area contributed by atoms with Gasteiger partial charge in [-0.05, 0) is 0 Å². The molecule has 0 aliphatic heterocycles. The fourth-order valence-electron chi connectivity index (χ4n) is 6.52. The van der Waals surface area contributed by atoms with Crippen molar-refractivity contribution in [3.05, 3.63) is 106 Å². The van der Waals surface area contributed by atoms with Gasteiger partial charge in [0.1, 0.15) is 0 Å². The third-order valence-corrected chi connectivity index (χ3v) is 18.6. The molecule has 0 N–H and O–H groups in total. The van der Waals surface area contributed by atoms with Gasteiger partial charge in [0, 0.05) is 0 Å². The second-order valence-electron chi connectivity index (χ2n) is 12.8. The molecule has 0 amide bonds. The SMILES string of the molecule is CC(C)(C)c1ccc2c([c]1[Zr]([Cl])([Cl])[c]1c(C(C)(C)C)ccc3c1Cc1ccccc1-3)Cc1ccccc1-2. The molecule has 188 valence electrons. The fourth-order valence-corrected chi connectivity index (χ4v) is 19.1. The first kappa shape index (κ1) is 25.6. The van der Waals surface area contributed by atoms with E-state index in [4.69, 9.17) is 17.0 Å². The molecule has 0 bridgehead atoms. The first-order valence-corrected chi connectivity index (χ1v) is 22.1. The van der Waals surface area contributed by atoms with Gasteiger partial charge in [-0.15, -0.1) is 0 Å². The van der Waals surface area contributed by atoms with Gasteiger partial charge in [0.05, 0.1) is 0 Å². The summed E-state index contributed by atoms with van der Waals surface area (Å²) in [6.07, 6.45) is 1.81. The van der Waals surface area contributed by atoms with Crippen LogP contribution in [-0.2, 0) is 41.6 Å². The molecule has 0 saturated carbocycles. The maximum absolute atomic E-state index is 8.04. The van der Waals surface area contributed by atoms with Gasteiger partial charge >= 0.3 is 235 Å². The Morgan fingerprint density at radius 1 is 0.514 bits per heavy atom. The van der Waals surface area contributed by atoms with Gasteiger partial charge in [-0.1, -0.05) is 0 Å². The van der Waals surface area contributed by atoms with Gasteiger partial charge in [-0.2, -0.15) is 0 Å². The molecule has 6 rings (SSSR count). The van der Waals surface area contributed by atoms with Crippen LogP contribution in [0.3, 0.4) is 0 Å². The Morgan fingerprint density at radius 2 is 0.892 bits per heavy atom. The summed E-state index contributed by atoms with van der Waals surface area (Å²) in [6.45, 7) is 13.8. The first-order valence-electron chi connectivity index (χ1n) is 13.3. The molecule has 4 aromatic rings. The number of hydrogen-bond acceptors (Lipinski definition) is 0. The van der Waals surface area contributed by atoms with Crippen molar-refractivity contribution in [2.24, 2.45) is 0 Å². The van der Waals surface area contributed by atoms with Crippen LogP contribution in [0.25, 0.3) is 22.3 Å². The summed E-state index contributed by atoms with van der Waals surface area (Å²) in [4.78, 5) is 0. The predicted molar refractivity (Wildman–Crippen MR) is 158 cm³/mol. The Labute approximate surface area is 233 Å². The van der Waals surface area contributed by atoms with E-state index < -0.39 is 17.9 Å². The molecule has 3 heteroatoms. The zero-order valence-electron chi connectivity index (χ0n) is 22.6. The maximum atomic E-state index is 8.04. The second-order valence-corrected chi connectivity index (χ2v) is 25.9. The minimum absolute atomic E-state index is 0.0616. The third kappa shape index (κ3) is 4.04. The van der Waals surface area contributed by atoms with E-state index in [1.165, 1.54) is 62.2 Å². The second kappa shape index (κ2) is 8.67. The van der Waals surface area contributed by atoms with Crippen LogP contribution in [0.5, 0.6) is 0 Å². The molecule has 0 atom stereocenters. The van der Waals surface area contributed by atoms with Gasteiger partial charge < -0.3 is 0 Å². The number of hydrogen-bond donors (Lipinski definition) is 0. The molecule has 2 aliphatic carbocycles. The third-order valence-electron chi connectivity index (χ3n) is 8.22. The van der Waals surface area contributed by atoms with E-state index in [0.29, 0.717) is 0 Å². The van der Waals surface area contributed by atoms with Crippen LogP contribution < -0.4 is 6.54 Å². The summed E-state index contributed by atoms with van der Waals surface area (Å²) in [5.41, 5.74) is 13.3. The topological polar surface area (TPSA) is 0 Å². The summed E-state index contributed by atoms with van der Waals surface area (Å²) in [5.74, 6) is 0. The van der Waals surface area contributed by atoms with Crippen LogP contribution in [0.2, 0.25) is 0 Å². The first-order chi connectivity index (χ1) is 17.4. The molecular formula is C34H34Cl2Zr. The van der Waals surface area contributed by atoms with Crippen molar-refractivity contribution in [2.75, 3.05) is 0 Å². The zero-order chi connectivity index (χ0) is 26.3. The van der Waals surface area contributed by atoms with Crippen LogP contribution in [0.15, 0.2) is 72.8 Å². The van der Waals surface area contributed by atoms with Crippen LogP contribution in [-0.4, -0.2) is 0 Å². The summed E-state index contributed by atoms with van der Waals surface area (Å²) in [5, 5.41) is 0. The van der Waals surface area contributed by atoms with E-state index in [1.54, 1.807) is 0 Å². The fraction of sp³-hybridized carbons (Fsp3) is 0.294. The van der Waals surface area contributed by atoms with Crippen molar-refractivity contribution in [3.8, 4) is 22.3 Å². The molecule has 4 aromatic carbocycles. The monoisotopic (exact) mass is 602 g/mol. The van der Waals surface area contributed by atoms with Gasteiger partial charge in [0.25, 0.3) is 0 Å². The number of halogens is 2. The van der Waals surface area contributed by atoms with Crippen molar-refractivity contribution in [1.29, 1.82) is 0 Å². The molecule has 37 heavy (non-hydrogen) atoms. The van der Waals surface area contributed by atoms with E-state index in [0.717, 1.165) is 12.8 Å². The Balaban J connectivity index is 1.68. The van der Waals surface area contributed by atoms with Crippen molar-refractivity contribution < 1.29 is 17.9 Å². The summed E-state index contributed by atoms with van der Waals surface area (Å²) < 4.78 is 2.57. The Hall–Kier alpha value is -1.66. The van der Waals surface area contributed by atoms with Gasteiger partial charge in [-0.3, -0.25) is 0 Å². The minimum atomic E-state index is -4.24. The normalized spacial score (nSPS) is 14.3. The Bertz CT molecular complexity index is 1450. The van der Waals surface area contributed by atoms with E-state index >= 15 is 0 Å². The zero-order valence-corrected chi connectivity index (χ0v) is 26.6. The van der Waals surface area contributed by atoms with E-state index in [9.17, 15) is 0 Å². The molecule has 0 spiro atoms. The van der Waals surface area contributed by atoms with Crippen LogP contribution >= 0.6 is 17.0 Å². The van der Waals surface area contributed by atoms with Crippen LogP contribution in [0.4, 0.5) is 0 Å². The van der Waals surface area contributed by atoms with Gasteiger partial charge in [0.15, 0.2) is 0 Å². The summed E-state index contributed by atoms with van der Waals surface area (Å²) >= 11 is -4.24. The molecular weight excluding hydrogens is 571 g/mol. The van der Waals surface area contributed by atoms with E-state index in [1.807, 2.05) is 0 Å². The van der Waals surface area contributed by atoms with Crippen molar-refractivity contribution in [2.45, 2.75) is 65.2 Å². The van der Waals surface area contributed by atoms with Gasteiger partial charge in [0.2, 0.25) is 0 Å². The molecule has 0 fully saturated rings. The molecule has 0 radical (unpaired) electrons. The Morgan fingerprint density at radius 3 is 1.27 bits per heavy atom. The number of fused-ring (bicyclic) bond motifs is 6. The Kier molecular flexibility index (Phi) is 6.00. The van der Waals surface area contributed by atoms with Crippen LogP contribution in [0.1, 0.15) is 74.9 Å². The standard InChI is InChI=1S/2C17H17.2ClH.Zr/c2*1-17(2,3)14-8-9-16-13(11-14)10-12-6-4-5-7-15(12)16;;;/h2*4-9H,10H2,1-3H3;2*1H;/q;;;;+2/p-2. The molecule has 0 saturated heterocycles. The van der Waals surface area contributed by atoms with Crippen molar-refractivity contribution in [3.63, 3.8) is 0 Å². The summed E-state index contributed by atoms with van der Waals surface area (Å²) in [6, 6.07) is 26.9. The average Bonchev–Trinajstić information content (AvgIpc) is 3.39. The quantitative estimate of drug-likeness (QED) is 0.185. The molecule has 2 aliphatic rings. The van der Waals surface area contributed by atoms with Crippen molar-refractivity contribution in [1.82, 2.24) is 0 Å².